The summed E-state index contributed by atoms with van der Waals surface area (Å²) in [5.41, 5.74) is 0. The minimum atomic E-state index is -2.38. The molecule has 1 aliphatic rings. The van der Waals surface area contributed by atoms with Crippen molar-refractivity contribution >= 4 is 15.4 Å². The standard InChI is InChI=1S/C5H11OP.C4H9O3P/c1-7(6)4-2-3-5-7;1-4(2)3-7-8(5)6/h2-5H2,1H3;4H,3H2,1-2H3/p+1. The number of rotatable bonds is 3. The van der Waals surface area contributed by atoms with E-state index in [4.69, 9.17) is 4.89 Å². The number of hydrogen-bond acceptors (Lipinski definition) is 3. The Labute approximate surface area is 92.7 Å². The minimum absolute atomic E-state index is 0.320. The normalized spacial score (nSPS) is 19.7. The van der Waals surface area contributed by atoms with Gasteiger partial charge in [-0.15, -0.1) is 9.42 Å². The third kappa shape index (κ3) is 10.5. The van der Waals surface area contributed by atoms with Gasteiger partial charge in [-0.3, -0.25) is 0 Å². The third-order valence-electron chi connectivity index (χ3n) is 2.03. The van der Waals surface area contributed by atoms with E-state index in [1.165, 1.54) is 12.8 Å². The maximum Gasteiger partial charge on any atom is 0.694 e. The van der Waals surface area contributed by atoms with Gasteiger partial charge in [0.15, 0.2) is 0 Å². The second kappa shape index (κ2) is 7.51. The third-order valence-corrected chi connectivity index (χ3v) is 4.92. The molecule has 0 spiro atoms. The quantitative estimate of drug-likeness (QED) is 0.787. The SMILES string of the molecule is CC(C)CO[P+](=O)O.CP1(=O)CCCC1. The Morgan fingerprint density at radius 3 is 2.00 bits per heavy atom. The fourth-order valence-electron chi connectivity index (χ4n) is 1.22. The second-order valence-corrected chi connectivity index (χ2v) is 8.60. The highest BCUT2D eigenvalue weighted by atomic mass is 31.2. The maximum atomic E-state index is 11.0. The van der Waals surface area contributed by atoms with E-state index >= 15 is 0 Å². The maximum absolute atomic E-state index is 11.0. The smallest absolute Gasteiger partial charge is 0.324 e. The van der Waals surface area contributed by atoms with Gasteiger partial charge in [0.25, 0.3) is 0 Å². The van der Waals surface area contributed by atoms with Crippen molar-refractivity contribution in [1.29, 1.82) is 0 Å². The molecule has 6 heteroatoms. The Morgan fingerprint density at radius 2 is 1.87 bits per heavy atom. The van der Waals surface area contributed by atoms with Crippen molar-refractivity contribution in [3.05, 3.63) is 0 Å². The summed E-state index contributed by atoms with van der Waals surface area (Å²) >= 11 is 0. The summed E-state index contributed by atoms with van der Waals surface area (Å²) in [5.74, 6) is 0.320. The summed E-state index contributed by atoms with van der Waals surface area (Å²) < 4.78 is 25.2. The molecule has 0 radical (unpaired) electrons. The average molecular weight is 255 g/mol. The zero-order chi connectivity index (χ0) is 11.9. The monoisotopic (exact) mass is 255 g/mol. The zero-order valence-corrected chi connectivity index (χ0v) is 11.5. The Hall–Kier alpha value is 0.250. The molecular formula is C9H21O4P2+. The molecule has 1 heterocycles. The highest BCUT2D eigenvalue weighted by molar-refractivity contribution is 7.63. The summed E-state index contributed by atoms with van der Waals surface area (Å²) in [4.78, 5) is 8.09. The Kier molecular flexibility index (Phi) is 7.64. The summed E-state index contributed by atoms with van der Waals surface area (Å²) in [6.45, 7) is 6.10. The van der Waals surface area contributed by atoms with Crippen LogP contribution in [0.3, 0.4) is 0 Å². The molecule has 4 nitrogen and oxygen atoms in total. The van der Waals surface area contributed by atoms with Gasteiger partial charge in [0.05, 0.1) is 7.14 Å². The summed E-state index contributed by atoms with van der Waals surface area (Å²) in [6.07, 6.45) is 4.42. The molecule has 0 aromatic rings. The van der Waals surface area contributed by atoms with Gasteiger partial charge in [-0.1, -0.05) is 13.8 Å². The van der Waals surface area contributed by atoms with Crippen molar-refractivity contribution in [3.63, 3.8) is 0 Å². The van der Waals surface area contributed by atoms with Crippen molar-refractivity contribution in [1.82, 2.24) is 0 Å². The highest BCUT2D eigenvalue weighted by Gasteiger charge is 2.19. The predicted molar refractivity (Wildman–Crippen MR) is 63.1 cm³/mol. The van der Waals surface area contributed by atoms with Crippen molar-refractivity contribution in [2.45, 2.75) is 26.7 Å². The van der Waals surface area contributed by atoms with E-state index in [2.05, 4.69) is 4.52 Å². The van der Waals surface area contributed by atoms with Gasteiger partial charge in [-0.05, 0) is 25.4 Å². The van der Waals surface area contributed by atoms with Crippen molar-refractivity contribution < 1.29 is 18.5 Å². The minimum Gasteiger partial charge on any atom is -0.324 e. The van der Waals surface area contributed by atoms with Crippen LogP contribution in [0.15, 0.2) is 0 Å². The van der Waals surface area contributed by atoms with E-state index in [0.29, 0.717) is 12.5 Å². The first kappa shape index (κ1) is 15.2. The van der Waals surface area contributed by atoms with Crippen LogP contribution in [0.5, 0.6) is 0 Å². The van der Waals surface area contributed by atoms with Gasteiger partial charge in [-0.25, -0.2) is 0 Å². The lowest BCUT2D eigenvalue weighted by molar-refractivity contribution is 0.248. The molecule has 1 rings (SSSR count). The van der Waals surface area contributed by atoms with Crippen LogP contribution in [0.1, 0.15) is 26.7 Å². The molecule has 0 aliphatic carbocycles. The van der Waals surface area contributed by atoms with Crippen LogP contribution in [0.4, 0.5) is 0 Å². The molecule has 1 aliphatic heterocycles. The van der Waals surface area contributed by atoms with Gasteiger partial charge in [0.2, 0.25) is 0 Å². The van der Waals surface area contributed by atoms with Gasteiger partial charge < -0.3 is 4.57 Å². The Bertz CT molecular complexity index is 230. The molecule has 0 aromatic heterocycles. The van der Waals surface area contributed by atoms with E-state index in [0.717, 1.165) is 12.3 Å². The first-order chi connectivity index (χ1) is 6.83. The van der Waals surface area contributed by atoms with Gasteiger partial charge in [0.1, 0.15) is 6.61 Å². The lowest BCUT2D eigenvalue weighted by Gasteiger charge is -1.96. The van der Waals surface area contributed by atoms with Gasteiger partial charge in [-0.2, -0.15) is 0 Å². The average Bonchev–Trinajstić information content (AvgIpc) is 2.48. The molecule has 0 aromatic carbocycles. The lowest BCUT2D eigenvalue weighted by atomic mass is 10.2. The van der Waals surface area contributed by atoms with E-state index in [9.17, 15) is 9.13 Å². The fourth-order valence-corrected chi connectivity index (χ4v) is 3.65. The number of hydrogen-bond donors (Lipinski definition) is 1. The van der Waals surface area contributed by atoms with Crippen LogP contribution in [0, 0.1) is 5.92 Å². The molecule has 0 bridgehead atoms. The first-order valence-electron chi connectivity index (χ1n) is 5.18. The molecule has 0 saturated carbocycles. The molecule has 90 valence electrons. The predicted octanol–water partition coefficient (Wildman–Crippen LogP) is 3.08. The Balaban J connectivity index is 0.000000262. The fraction of sp³-hybridized carbons (Fsp3) is 1.00. The second-order valence-electron chi connectivity index (χ2n) is 4.38. The van der Waals surface area contributed by atoms with E-state index in [-0.39, 0.29) is 0 Å². The van der Waals surface area contributed by atoms with Gasteiger partial charge in [0, 0.05) is 16.9 Å². The molecule has 1 unspecified atom stereocenters. The molecule has 1 atom stereocenters. The highest BCUT2D eigenvalue weighted by Crippen LogP contribution is 2.47. The molecule has 1 saturated heterocycles. The summed E-state index contributed by atoms with van der Waals surface area (Å²) in [6, 6.07) is 0. The lowest BCUT2D eigenvalue weighted by Crippen LogP contribution is -1.95. The van der Waals surface area contributed by atoms with Crippen LogP contribution < -0.4 is 0 Å². The van der Waals surface area contributed by atoms with E-state index in [1.54, 1.807) is 0 Å². The molecule has 0 amide bonds. The summed E-state index contributed by atoms with van der Waals surface area (Å²) in [5, 5.41) is 0. The van der Waals surface area contributed by atoms with Crippen molar-refractivity contribution in [3.8, 4) is 0 Å². The van der Waals surface area contributed by atoms with Crippen molar-refractivity contribution in [2.24, 2.45) is 5.92 Å². The molecule has 1 fully saturated rings. The zero-order valence-electron chi connectivity index (χ0n) is 9.68. The van der Waals surface area contributed by atoms with Crippen LogP contribution in [0.25, 0.3) is 0 Å². The molecular weight excluding hydrogens is 234 g/mol. The van der Waals surface area contributed by atoms with Crippen LogP contribution in [-0.2, 0) is 13.7 Å². The van der Waals surface area contributed by atoms with Crippen LogP contribution in [0.2, 0.25) is 0 Å². The Morgan fingerprint density at radius 1 is 1.40 bits per heavy atom. The van der Waals surface area contributed by atoms with Crippen LogP contribution >= 0.6 is 15.4 Å². The topological polar surface area (TPSA) is 63.6 Å². The van der Waals surface area contributed by atoms with Crippen molar-refractivity contribution in [2.75, 3.05) is 25.6 Å². The summed E-state index contributed by atoms with van der Waals surface area (Å²) in [7, 11) is -3.93. The van der Waals surface area contributed by atoms with E-state index < -0.39 is 15.4 Å². The largest absolute Gasteiger partial charge is 0.694 e. The van der Waals surface area contributed by atoms with Crippen LogP contribution in [-0.4, -0.2) is 30.5 Å². The van der Waals surface area contributed by atoms with E-state index in [1.807, 2.05) is 20.5 Å². The molecule has 1 N–H and O–H groups in total. The molecule has 15 heavy (non-hydrogen) atoms. The first-order valence-corrected chi connectivity index (χ1v) is 8.83. The van der Waals surface area contributed by atoms with Gasteiger partial charge >= 0.3 is 8.25 Å².